The van der Waals surface area contributed by atoms with Crippen molar-refractivity contribution in [1.29, 1.82) is 0 Å². The zero-order valence-corrected chi connectivity index (χ0v) is 7.50. The van der Waals surface area contributed by atoms with Crippen molar-refractivity contribution in [2.24, 2.45) is 0 Å². The first kappa shape index (κ1) is 8.93. The summed E-state index contributed by atoms with van der Waals surface area (Å²) in [7, 11) is 0. The summed E-state index contributed by atoms with van der Waals surface area (Å²) in [5.41, 5.74) is 2.80. The zero-order valence-electron chi connectivity index (χ0n) is 7.50. The van der Waals surface area contributed by atoms with E-state index in [2.05, 4.69) is 30.7 Å². The fourth-order valence-electron chi connectivity index (χ4n) is 0.830. The summed E-state index contributed by atoms with van der Waals surface area (Å²) in [5, 5.41) is 8.55. The van der Waals surface area contributed by atoms with Gasteiger partial charge < -0.3 is 0 Å². The maximum atomic E-state index is 8.55. The van der Waals surface area contributed by atoms with E-state index in [1.165, 1.54) is 0 Å². The number of aromatic nitrogens is 2. The maximum absolute atomic E-state index is 8.55. The molecule has 1 aromatic rings. The Labute approximate surface area is 71.6 Å². The SMILES string of the molecule is CC(C)(C)c1ccnc(NO)n1. The van der Waals surface area contributed by atoms with Crippen molar-refractivity contribution in [3.63, 3.8) is 0 Å². The van der Waals surface area contributed by atoms with E-state index in [1.807, 2.05) is 11.5 Å². The fourth-order valence-corrected chi connectivity index (χ4v) is 0.830. The van der Waals surface area contributed by atoms with E-state index >= 15 is 0 Å². The minimum Gasteiger partial charge on any atom is -0.288 e. The predicted molar refractivity (Wildman–Crippen MR) is 46.1 cm³/mol. The molecule has 0 aliphatic carbocycles. The number of hydrogen-bond acceptors (Lipinski definition) is 4. The lowest BCUT2D eigenvalue weighted by atomic mass is 9.92. The van der Waals surface area contributed by atoms with Crippen LogP contribution in [0.25, 0.3) is 0 Å². The van der Waals surface area contributed by atoms with Crippen LogP contribution in [0.2, 0.25) is 0 Å². The Balaban J connectivity index is 3.02. The van der Waals surface area contributed by atoms with Crippen LogP contribution in [0, 0.1) is 0 Å². The van der Waals surface area contributed by atoms with Crippen molar-refractivity contribution in [3.8, 4) is 0 Å². The highest BCUT2D eigenvalue weighted by molar-refractivity contribution is 5.24. The fraction of sp³-hybridized carbons (Fsp3) is 0.500. The molecule has 0 unspecified atom stereocenters. The third-order valence-corrected chi connectivity index (χ3v) is 1.52. The van der Waals surface area contributed by atoms with Gasteiger partial charge in [-0.2, -0.15) is 0 Å². The van der Waals surface area contributed by atoms with E-state index < -0.39 is 0 Å². The van der Waals surface area contributed by atoms with Crippen LogP contribution in [0.4, 0.5) is 5.95 Å². The highest BCUT2D eigenvalue weighted by Crippen LogP contribution is 2.19. The first-order valence-corrected chi connectivity index (χ1v) is 3.77. The molecule has 0 amide bonds. The lowest BCUT2D eigenvalue weighted by Gasteiger charge is -2.17. The molecular weight excluding hydrogens is 154 g/mol. The lowest BCUT2D eigenvalue weighted by Crippen LogP contribution is -2.14. The van der Waals surface area contributed by atoms with Crippen LogP contribution >= 0.6 is 0 Å². The van der Waals surface area contributed by atoms with Crippen molar-refractivity contribution in [2.75, 3.05) is 5.48 Å². The van der Waals surface area contributed by atoms with E-state index in [9.17, 15) is 0 Å². The van der Waals surface area contributed by atoms with Crippen LogP contribution in [0.3, 0.4) is 0 Å². The molecule has 0 spiro atoms. The van der Waals surface area contributed by atoms with Gasteiger partial charge in [0.25, 0.3) is 0 Å². The predicted octanol–water partition coefficient (Wildman–Crippen LogP) is 1.58. The molecule has 1 aromatic heterocycles. The van der Waals surface area contributed by atoms with Gasteiger partial charge in [-0.1, -0.05) is 20.8 Å². The molecule has 0 aliphatic heterocycles. The summed E-state index contributed by atoms with van der Waals surface area (Å²) in [6.07, 6.45) is 1.62. The number of rotatable bonds is 1. The first-order valence-electron chi connectivity index (χ1n) is 3.77. The van der Waals surface area contributed by atoms with Gasteiger partial charge in [0.1, 0.15) is 0 Å². The Hall–Kier alpha value is -1.16. The number of nitrogens with zero attached hydrogens (tertiary/aromatic N) is 2. The molecular formula is C8H13N3O. The summed E-state index contributed by atoms with van der Waals surface area (Å²) < 4.78 is 0. The molecule has 0 saturated heterocycles. The van der Waals surface area contributed by atoms with E-state index in [0.717, 1.165) is 5.69 Å². The highest BCUT2D eigenvalue weighted by atomic mass is 16.5. The molecule has 4 nitrogen and oxygen atoms in total. The second kappa shape index (κ2) is 3.06. The van der Waals surface area contributed by atoms with Crippen LogP contribution in [-0.4, -0.2) is 15.2 Å². The van der Waals surface area contributed by atoms with Crippen molar-refractivity contribution < 1.29 is 5.21 Å². The number of anilines is 1. The van der Waals surface area contributed by atoms with Crippen LogP contribution in [0.1, 0.15) is 26.5 Å². The van der Waals surface area contributed by atoms with Crippen molar-refractivity contribution in [3.05, 3.63) is 18.0 Å². The maximum Gasteiger partial charge on any atom is 0.247 e. The minimum atomic E-state index is -0.0193. The van der Waals surface area contributed by atoms with Gasteiger partial charge in [-0.15, -0.1) is 0 Å². The molecule has 66 valence electrons. The van der Waals surface area contributed by atoms with Gasteiger partial charge in [0, 0.05) is 11.6 Å². The molecule has 1 heterocycles. The molecule has 0 aliphatic rings. The Morgan fingerprint density at radius 1 is 1.42 bits per heavy atom. The molecule has 0 fully saturated rings. The smallest absolute Gasteiger partial charge is 0.247 e. The average Bonchev–Trinajstić information content (AvgIpc) is 2.03. The van der Waals surface area contributed by atoms with Gasteiger partial charge in [-0.25, -0.2) is 15.4 Å². The van der Waals surface area contributed by atoms with Gasteiger partial charge in [0.15, 0.2) is 0 Å². The summed E-state index contributed by atoms with van der Waals surface area (Å²) in [6, 6.07) is 1.83. The summed E-state index contributed by atoms with van der Waals surface area (Å²) >= 11 is 0. The second-order valence-corrected chi connectivity index (χ2v) is 3.63. The molecule has 0 atom stereocenters. The molecule has 0 radical (unpaired) electrons. The molecule has 1 rings (SSSR count). The Bertz CT molecular complexity index is 267. The summed E-state index contributed by atoms with van der Waals surface area (Å²) in [5.74, 6) is 0.238. The van der Waals surface area contributed by atoms with Crippen molar-refractivity contribution in [2.45, 2.75) is 26.2 Å². The lowest BCUT2D eigenvalue weighted by molar-refractivity contribution is 0.381. The average molecular weight is 167 g/mol. The van der Waals surface area contributed by atoms with Crippen molar-refractivity contribution in [1.82, 2.24) is 9.97 Å². The molecule has 12 heavy (non-hydrogen) atoms. The van der Waals surface area contributed by atoms with E-state index in [0.29, 0.717) is 0 Å². The van der Waals surface area contributed by atoms with Gasteiger partial charge in [0.05, 0.1) is 5.69 Å². The standard InChI is InChI=1S/C8H13N3O/c1-8(2,3)6-4-5-9-7(10-6)11-12/h4-5,12H,1-3H3,(H,9,10,11). The topological polar surface area (TPSA) is 58.0 Å². The summed E-state index contributed by atoms with van der Waals surface area (Å²) in [6.45, 7) is 6.16. The number of hydrogen-bond donors (Lipinski definition) is 2. The first-order chi connectivity index (χ1) is 5.54. The normalized spacial score (nSPS) is 11.3. The molecule has 0 saturated carbocycles. The van der Waals surface area contributed by atoms with Gasteiger partial charge in [-0.05, 0) is 6.07 Å². The van der Waals surface area contributed by atoms with E-state index in [4.69, 9.17) is 5.21 Å². The second-order valence-electron chi connectivity index (χ2n) is 3.63. The Morgan fingerprint density at radius 3 is 2.58 bits per heavy atom. The zero-order chi connectivity index (χ0) is 9.19. The Morgan fingerprint density at radius 2 is 2.08 bits per heavy atom. The molecule has 4 heteroatoms. The van der Waals surface area contributed by atoms with Crippen LogP contribution in [0.5, 0.6) is 0 Å². The van der Waals surface area contributed by atoms with Crippen molar-refractivity contribution >= 4 is 5.95 Å². The van der Waals surface area contributed by atoms with Gasteiger partial charge >= 0.3 is 0 Å². The van der Waals surface area contributed by atoms with Crippen LogP contribution < -0.4 is 5.48 Å². The van der Waals surface area contributed by atoms with Gasteiger partial charge in [0.2, 0.25) is 5.95 Å². The summed E-state index contributed by atoms with van der Waals surface area (Å²) in [4.78, 5) is 7.89. The van der Waals surface area contributed by atoms with Crippen LogP contribution in [0.15, 0.2) is 12.3 Å². The highest BCUT2D eigenvalue weighted by Gasteiger charge is 2.15. The van der Waals surface area contributed by atoms with E-state index in [-0.39, 0.29) is 11.4 Å². The largest absolute Gasteiger partial charge is 0.288 e. The quantitative estimate of drug-likeness (QED) is 0.623. The third kappa shape index (κ3) is 1.92. The van der Waals surface area contributed by atoms with Gasteiger partial charge in [-0.3, -0.25) is 5.21 Å². The number of nitrogens with one attached hydrogen (secondary N) is 1. The molecule has 2 N–H and O–H groups in total. The minimum absolute atomic E-state index is 0.0193. The third-order valence-electron chi connectivity index (χ3n) is 1.52. The van der Waals surface area contributed by atoms with E-state index in [1.54, 1.807) is 6.20 Å². The molecule has 0 aromatic carbocycles. The Kier molecular flexibility index (Phi) is 2.28. The molecule has 0 bridgehead atoms. The monoisotopic (exact) mass is 167 g/mol. The van der Waals surface area contributed by atoms with Crippen LogP contribution in [-0.2, 0) is 5.41 Å².